The molecular weight excluding hydrogens is 236 g/mol. The molecule has 0 saturated carbocycles. The Hall–Kier alpha value is -0.120. The van der Waals surface area contributed by atoms with Gasteiger partial charge in [-0.1, -0.05) is 13.8 Å². The zero-order valence-corrected chi connectivity index (χ0v) is 13.1. The zero-order valence-electron chi connectivity index (χ0n) is 13.1. The maximum absolute atomic E-state index is 5.74. The molecule has 0 aromatic heterocycles. The Labute approximate surface area is 119 Å². The third kappa shape index (κ3) is 4.44. The van der Waals surface area contributed by atoms with Gasteiger partial charge in [0.25, 0.3) is 0 Å². The molecule has 112 valence electrons. The number of nitrogens with one attached hydrogen (secondary N) is 1. The highest BCUT2D eigenvalue weighted by molar-refractivity contribution is 4.86. The van der Waals surface area contributed by atoms with Gasteiger partial charge in [0.15, 0.2) is 0 Å². The van der Waals surface area contributed by atoms with Crippen LogP contribution in [0.25, 0.3) is 0 Å². The summed E-state index contributed by atoms with van der Waals surface area (Å²) in [6, 6.07) is 0. The average molecular weight is 268 g/mol. The highest BCUT2D eigenvalue weighted by atomic mass is 16.5. The summed E-state index contributed by atoms with van der Waals surface area (Å²) in [6.07, 6.45) is 5.69. The molecule has 2 aliphatic rings. The Morgan fingerprint density at radius 3 is 2.53 bits per heavy atom. The fourth-order valence-corrected chi connectivity index (χ4v) is 3.69. The highest BCUT2D eigenvalue weighted by Crippen LogP contribution is 2.33. The number of nitrogens with zero attached hydrogens (tertiary/aromatic N) is 1. The molecular formula is C16H32N2O. The number of piperidine rings is 2. The topological polar surface area (TPSA) is 24.5 Å². The molecule has 2 aliphatic heterocycles. The molecule has 2 heterocycles. The lowest BCUT2D eigenvalue weighted by Crippen LogP contribution is -2.47. The van der Waals surface area contributed by atoms with Crippen molar-refractivity contribution in [2.45, 2.75) is 52.6 Å². The quantitative estimate of drug-likeness (QED) is 0.829. The smallest absolute Gasteiger partial charge is 0.0599 e. The van der Waals surface area contributed by atoms with Gasteiger partial charge in [-0.25, -0.2) is 0 Å². The van der Waals surface area contributed by atoms with E-state index in [0.717, 1.165) is 12.5 Å². The first kappa shape index (κ1) is 15.3. The molecule has 0 radical (unpaired) electrons. The molecule has 1 atom stereocenters. The minimum absolute atomic E-state index is 0.436. The molecule has 0 aromatic carbocycles. The predicted molar refractivity (Wildman–Crippen MR) is 80.5 cm³/mol. The van der Waals surface area contributed by atoms with Crippen LogP contribution >= 0.6 is 0 Å². The second-order valence-electron chi connectivity index (χ2n) is 6.96. The van der Waals surface area contributed by atoms with Crippen molar-refractivity contribution in [2.75, 3.05) is 39.3 Å². The van der Waals surface area contributed by atoms with Crippen LogP contribution in [-0.4, -0.2) is 50.3 Å². The zero-order chi connectivity index (χ0) is 13.7. The monoisotopic (exact) mass is 268 g/mol. The van der Waals surface area contributed by atoms with Crippen LogP contribution < -0.4 is 5.32 Å². The van der Waals surface area contributed by atoms with E-state index >= 15 is 0 Å². The van der Waals surface area contributed by atoms with E-state index in [1.807, 2.05) is 0 Å². The Bertz CT molecular complexity index is 253. The third-order valence-corrected chi connectivity index (χ3v) is 4.97. The summed E-state index contributed by atoms with van der Waals surface area (Å²) >= 11 is 0. The first-order valence-corrected chi connectivity index (χ1v) is 8.16. The van der Waals surface area contributed by atoms with Crippen molar-refractivity contribution in [1.82, 2.24) is 10.2 Å². The van der Waals surface area contributed by atoms with E-state index < -0.39 is 0 Å². The van der Waals surface area contributed by atoms with Gasteiger partial charge >= 0.3 is 0 Å². The van der Waals surface area contributed by atoms with Crippen molar-refractivity contribution in [2.24, 2.45) is 11.3 Å². The molecule has 0 aromatic rings. The van der Waals surface area contributed by atoms with Crippen molar-refractivity contribution < 1.29 is 4.74 Å². The Morgan fingerprint density at radius 1 is 1.21 bits per heavy atom. The van der Waals surface area contributed by atoms with E-state index in [9.17, 15) is 0 Å². The van der Waals surface area contributed by atoms with E-state index in [2.05, 4.69) is 31.0 Å². The molecule has 3 heteroatoms. The van der Waals surface area contributed by atoms with Crippen LogP contribution in [0.1, 0.15) is 46.5 Å². The largest absolute Gasteiger partial charge is 0.378 e. The molecule has 0 aliphatic carbocycles. The van der Waals surface area contributed by atoms with Crippen LogP contribution in [0.2, 0.25) is 0 Å². The van der Waals surface area contributed by atoms with Crippen LogP contribution in [0.4, 0.5) is 0 Å². The third-order valence-electron chi connectivity index (χ3n) is 4.97. The summed E-state index contributed by atoms with van der Waals surface area (Å²) in [7, 11) is 0. The van der Waals surface area contributed by atoms with Gasteiger partial charge in [-0.3, -0.25) is 0 Å². The molecule has 0 spiro atoms. The van der Waals surface area contributed by atoms with Crippen molar-refractivity contribution in [1.29, 1.82) is 0 Å². The van der Waals surface area contributed by atoms with Gasteiger partial charge in [0, 0.05) is 26.2 Å². The number of rotatable bonds is 5. The summed E-state index contributed by atoms with van der Waals surface area (Å²) in [5.74, 6) is 0.839. The van der Waals surface area contributed by atoms with Crippen molar-refractivity contribution in [3.8, 4) is 0 Å². The Balaban J connectivity index is 1.77. The van der Waals surface area contributed by atoms with Gasteiger partial charge in [0.05, 0.1) is 6.10 Å². The molecule has 1 N–H and O–H groups in total. The maximum atomic E-state index is 5.74. The summed E-state index contributed by atoms with van der Waals surface area (Å²) < 4.78 is 5.74. The first-order valence-electron chi connectivity index (χ1n) is 8.16. The molecule has 19 heavy (non-hydrogen) atoms. The predicted octanol–water partition coefficient (Wildman–Crippen LogP) is 2.51. The fourth-order valence-electron chi connectivity index (χ4n) is 3.69. The van der Waals surface area contributed by atoms with Gasteiger partial charge in [-0.15, -0.1) is 0 Å². The molecule has 0 amide bonds. The first-order chi connectivity index (χ1) is 9.12. The molecule has 2 rings (SSSR count). The van der Waals surface area contributed by atoms with E-state index in [4.69, 9.17) is 4.74 Å². The summed E-state index contributed by atoms with van der Waals surface area (Å²) in [6.45, 7) is 14.0. The van der Waals surface area contributed by atoms with E-state index in [1.165, 1.54) is 58.4 Å². The summed E-state index contributed by atoms with van der Waals surface area (Å²) in [4.78, 5) is 2.66. The number of ether oxygens (including phenoxy) is 1. The summed E-state index contributed by atoms with van der Waals surface area (Å²) in [5.41, 5.74) is 0.436. The lowest BCUT2D eigenvalue weighted by molar-refractivity contribution is -0.000413. The minimum atomic E-state index is 0.436. The molecule has 2 fully saturated rings. The van der Waals surface area contributed by atoms with Gasteiger partial charge in [-0.05, 0) is 57.0 Å². The van der Waals surface area contributed by atoms with Crippen LogP contribution in [0.15, 0.2) is 0 Å². The number of hydrogen-bond donors (Lipinski definition) is 1. The van der Waals surface area contributed by atoms with E-state index in [-0.39, 0.29) is 0 Å². The fraction of sp³-hybridized carbons (Fsp3) is 1.00. The van der Waals surface area contributed by atoms with Crippen LogP contribution in [0, 0.1) is 11.3 Å². The van der Waals surface area contributed by atoms with Crippen LogP contribution in [0.3, 0.4) is 0 Å². The Kier molecular flexibility index (Phi) is 5.67. The summed E-state index contributed by atoms with van der Waals surface area (Å²) in [5, 5.41) is 3.56. The average Bonchev–Trinajstić information content (AvgIpc) is 2.42. The normalized spacial score (nSPS) is 27.6. The lowest BCUT2D eigenvalue weighted by Gasteiger charge is -2.42. The van der Waals surface area contributed by atoms with Crippen molar-refractivity contribution in [3.05, 3.63) is 0 Å². The second kappa shape index (κ2) is 7.05. The highest BCUT2D eigenvalue weighted by Gasteiger charge is 2.33. The van der Waals surface area contributed by atoms with Crippen molar-refractivity contribution in [3.63, 3.8) is 0 Å². The van der Waals surface area contributed by atoms with Gasteiger partial charge in [0.1, 0.15) is 0 Å². The molecule has 1 unspecified atom stereocenters. The van der Waals surface area contributed by atoms with Gasteiger partial charge < -0.3 is 15.0 Å². The maximum Gasteiger partial charge on any atom is 0.0599 e. The lowest BCUT2D eigenvalue weighted by atomic mass is 9.74. The van der Waals surface area contributed by atoms with Crippen LogP contribution in [-0.2, 0) is 4.74 Å². The van der Waals surface area contributed by atoms with Gasteiger partial charge in [0.2, 0.25) is 0 Å². The van der Waals surface area contributed by atoms with E-state index in [1.54, 1.807) is 0 Å². The van der Waals surface area contributed by atoms with Crippen LogP contribution in [0.5, 0.6) is 0 Å². The van der Waals surface area contributed by atoms with Crippen molar-refractivity contribution >= 4 is 0 Å². The number of hydrogen-bond acceptors (Lipinski definition) is 3. The minimum Gasteiger partial charge on any atom is -0.378 e. The van der Waals surface area contributed by atoms with E-state index in [0.29, 0.717) is 11.5 Å². The Morgan fingerprint density at radius 2 is 1.95 bits per heavy atom. The standard InChI is InChI=1S/C16H32N2O/c1-4-19-15-7-10-18(11-8-15)13-16(2,3)14-6-5-9-17-12-14/h14-15,17H,4-13H2,1-3H3. The molecule has 3 nitrogen and oxygen atoms in total. The molecule has 2 saturated heterocycles. The second-order valence-corrected chi connectivity index (χ2v) is 6.96. The number of likely N-dealkylation sites (tertiary alicyclic amines) is 1. The molecule has 0 bridgehead atoms. The van der Waals surface area contributed by atoms with Gasteiger partial charge in [-0.2, -0.15) is 0 Å². The SMILES string of the molecule is CCOC1CCN(CC(C)(C)C2CCCNC2)CC1.